The highest BCUT2D eigenvalue weighted by molar-refractivity contribution is 8.18. The van der Waals surface area contributed by atoms with Crippen molar-refractivity contribution in [3.05, 3.63) is 64.1 Å². The van der Waals surface area contributed by atoms with Gasteiger partial charge in [0.05, 0.1) is 17.6 Å². The molecule has 6 nitrogen and oxygen atoms in total. The van der Waals surface area contributed by atoms with Crippen molar-refractivity contribution >= 4 is 40.6 Å². The summed E-state index contributed by atoms with van der Waals surface area (Å²) >= 11 is 0.688. The number of thioether (sulfide) groups is 1. The quantitative estimate of drug-likeness (QED) is 0.669. The molecule has 31 heavy (non-hydrogen) atoms. The average molecular weight is 450 g/mol. The summed E-state index contributed by atoms with van der Waals surface area (Å²) in [5.41, 5.74) is 0.526. The van der Waals surface area contributed by atoms with Crippen LogP contribution in [0.25, 0.3) is 6.08 Å². The Morgan fingerprint density at radius 3 is 2.58 bits per heavy atom. The number of anilines is 1. The lowest BCUT2D eigenvalue weighted by Gasteiger charge is -2.13. The monoisotopic (exact) mass is 450 g/mol. The van der Waals surface area contributed by atoms with Crippen molar-refractivity contribution in [2.45, 2.75) is 13.1 Å². The highest BCUT2D eigenvalue weighted by atomic mass is 32.2. The Morgan fingerprint density at radius 1 is 1.19 bits per heavy atom. The summed E-state index contributed by atoms with van der Waals surface area (Å²) in [5.74, 6) is -0.790. The van der Waals surface area contributed by atoms with Gasteiger partial charge in [0.25, 0.3) is 11.1 Å². The molecule has 0 radical (unpaired) electrons. The molecule has 3 rings (SSSR count). The maximum atomic E-state index is 12.8. The second-order valence-electron chi connectivity index (χ2n) is 6.62. The number of carbonyl (C=O) groups is 3. The van der Waals surface area contributed by atoms with Gasteiger partial charge in [-0.1, -0.05) is 12.1 Å². The molecule has 1 aliphatic heterocycles. The van der Waals surface area contributed by atoms with Crippen LogP contribution >= 0.6 is 11.8 Å². The molecule has 162 valence electrons. The SMILES string of the molecule is COc1ccc(/C=C2\SC(=O)N(CC(=O)Nc3cccc(C(F)(F)F)c3)C2=O)c(C)c1. The Bertz CT molecular complexity index is 1080. The minimum Gasteiger partial charge on any atom is -0.497 e. The van der Waals surface area contributed by atoms with E-state index < -0.39 is 35.3 Å². The molecule has 10 heteroatoms. The van der Waals surface area contributed by atoms with Crippen LogP contribution in [-0.2, 0) is 15.8 Å². The third-order valence-electron chi connectivity index (χ3n) is 4.41. The number of aryl methyl sites for hydroxylation is 1. The second kappa shape index (κ2) is 8.84. The second-order valence-corrected chi connectivity index (χ2v) is 7.61. The predicted octanol–water partition coefficient (Wildman–Crippen LogP) is 4.70. The normalized spacial score (nSPS) is 15.5. The highest BCUT2D eigenvalue weighted by Crippen LogP contribution is 2.33. The van der Waals surface area contributed by atoms with Gasteiger partial charge in [0.15, 0.2) is 0 Å². The van der Waals surface area contributed by atoms with Crippen LogP contribution in [0.2, 0.25) is 0 Å². The molecule has 1 N–H and O–H groups in total. The van der Waals surface area contributed by atoms with Gasteiger partial charge < -0.3 is 10.1 Å². The summed E-state index contributed by atoms with van der Waals surface area (Å²) in [6, 6.07) is 9.31. The smallest absolute Gasteiger partial charge is 0.416 e. The van der Waals surface area contributed by atoms with E-state index in [1.165, 1.54) is 13.2 Å². The summed E-state index contributed by atoms with van der Waals surface area (Å²) in [5, 5.41) is 1.64. The number of halogens is 3. The first kappa shape index (κ1) is 22.4. The number of nitrogens with zero attached hydrogens (tertiary/aromatic N) is 1. The lowest BCUT2D eigenvalue weighted by molar-refractivity contribution is -0.137. The van der Waals surface area contributed by atoms with E-state index in [0.29, 0.717) is 23.1 Å². The molecule has 0 bridgehead atoms. The fourth-order valence-electron chi connectivity index (χ4n) is 2.83. The fraction of sp³-hybridized carbons (Fsp3) is 0.190. The molecule has 0 spiro atoms. The molecule has 1 fully saturated rings. The van der Waals surface area contributed by atoms with E-state index in [9.17, 15) is 27.6 Å². The van der Waals surface area contributed by atoms with Gasteiger partial charge in [0, 0.05) is 5.69 Å². The third-order valence-corrected chi connectivity index (χ3v) is 5.32. The maximum Gasteiger partial charge on any atom is 0.416 e. The number of methoxy groups -OCH3 is 1. The molecule has 3 amide bonds. The molecule has 0 unspecified atom stereocenters. The van der Waals surface area contributed by atoms with Crippen LogP contribution in [0.1, 0.15) is 16.7 Å². The van der Waals surface area contributed by atoms with Gasteiger partial charge in [-0.3, -0.25) is 19.3 Å². The molecule has 0 aromatic heterocycles. The molecule has 1 saturated heterocycles. The van der Waals surface area contributed by atoms with Crippen molar-refractivity contribution in [1.82, 2.24) is 4.90 Å². The van der Waals surface area contributed by atoms with E-state index >= 15 is 0 Å². The van der Waals surface area contributed by atoms with Crippen LogP contribution in [0.5, 0.6) is 5.75 Å². The maximum absolute atomic E-state index is 12.8. The first-order chi connectivity index (χ1) is 14.6. The van der Waals surface area contributed by atoms with Crippen molar-refractivity contribution in [2.75, 3.05) is 19.0 Å². The number of benzene rings is 2. The third kappa shape index (κ3) is 5.26. The van der Waals surface area contributed by atoms with E-state index in [0.717, 1.165) is 28.7 Å². The lowest BCUT2D eigenvalue weighted by Crippen LogP contribution is -2.36. The van der Waals surface area contributed by atoms with Crippen LogP contribution < -0.4 is 10.1 Å². The van der Waals surface area contributed by atoms with Crippen molar-refractivity contribution < 1.29 is 32.3 Å². The van der Waals surface area contributed by atoms with Crippen LogP contribution in [0, 0.1) is 6.92 Å². The van der Waals surface area contributed by atoms with Crippen LogP contribution in [-0.4, -0.2) is 35.6 Å². The molecule has 0 saturated carbocycles. The zero-order valence-corrected chi connectivity index (χ0v) is 17.3. The number of hydrogen-bond donors (Lipinski definition) is 1. The summed E-state index contributed by atoms with van der Waals surface area (Å²) in [4.78, 5) is 37.9. The van der Waals surface area contributed by atoms with Gasteiger partial charge in [-0.25, -0.2) is 0 Å². The summed E-state index contributed by atoms with van der Waals surface area (Å²) < 4.78 is 43.5. The van der Waals surface area contributed by atoms with Crippen LogP contribution in [0.15, 0.2) is 47.4 Å². The molecular weight excluding hydrogens is 433 g/mol. The number of ether oxygens (including phenoxy) is 1. The van der Waals surface area contributed by atoms with Crippen LogP contribution in [0.3, 0.4) is 0 Å². The Balaban J connectivity index is 1.71. The highest BCUT2D eigenvalue weighted by Gasteiger charge is 2.36. The van der Waals surface area contributed by atoms with Crippen LogP contribution in [0.4, 0.5) is 23.7 Å². The minimum atomic E-state index is -4.56. The standard InChI is InChI=1S/C21H17F3N2O4S/c1-12-8-16(30-2)7-6-13(12)9-17-19(28)26(20(29)31-17)11-18(27)25-15-5-3-4-14(10-15)21(22,23)24/h3-10H,11H2,1-2H3,(H,25,27)/b17-9-. The molecule has 1 aliphatic rings. The topological polar surface area (TPSA) is 75.7 Å². The first-order valence-electron chi connectivity index (χ1n) is 8.95. The number of carbonyl (C=O) groups excluding carboxylic acids is 3. The van der Waals surface area contributed by atoms with Gasteiger partial charge in [-0.15, -0.1) is 0 Å². The van der Waals surface area contributed by atoms with Crippen molar-refractivity contribution in [2.24, 2.45) is 0 Å². The number of nitrogens with one attached hydrogen (secondary N) is 1. The zero-order valence-electron chi connectivity index (χ0n) is 16.4. The van der Waals surface area contributed by atoms with Crippen molar-refractivity contribution in [3.8, 4) is 5.75 Å². The fourth-order valence-corrected chi connectivity index (χ4v) is 3.66. The van der Waals surface area contributed by atoms with Crippen molar-refractivity contribution in [1.29, 1.82) is 0 Å². The lowest BCUT2D eigenvalue weighted by atomic mass is 10.1. The van der Waals surface area contributed by atoms with E-state index in [-0.39, 0.29) is 10.6 Å². The zero-order chi connectivity index (χ0) is 22.8. The Labute approximate surface area is 180 Å². The van der Waals surface area contributed by atoms with Gasteiger partial charge in [0.2, 0.25) is 5.91 Å². The van der Waals surface area contributed by atoms with E-state index in [1.54, 1.807) is 24.3 Å². The van der Waals surface area contributed by atoms with Gasteiger partial charge in [-0.2, -0.15) is 13.2 Å². The predicted molar refractivity (Wildman–Crippen MR) is 110 cm³/mol. The molecule has 2 aromatic carbocycles. The Morgan fingerprint density at radius 2 is 1.94 bits per heavy atom. The number of amides is 3. The Kier molecular flexibility index (Phi) is 6.40. The van der Waals surface area contributed by atoms with Gasteiger partial charge >= 0.3 is 6.18 Å². The van der Waals surface area contributed by atoms with E-state index in [4.69, 9.17) is 4.74 Å². The molecule has 0 aliphatic carbocycles. The molecule has 1 heterocycles. The average Bonchev–Trinajstić information content (AvgIpc) is 2.96. The number of imide groups is 1. The summed E-state index contributed by atoms with van der Waals surface area (Å²) in [6.07, 6.45) is -3.01. The molecule has 2 aromatic rings. The molecular formula is C21H17F3N2O4S. The minimum absolute atomic E-state index is 0.0869. The van der Waals surface area contributed by atoms with E-state index in [2.05, 4.69) is 5.32 Å². The number of hydrogen-bond acceptors (Lipinski definition) is 5. The number of alkyl halides is 3. The van der Waals surface area contributed by atoms with Gasteiger partial charge in [-0.05, 0) is 66.2 Å². The summed E-state index contributed by atoms with van der Waals surface area (Å²) in [7, 11) is 1.53. The molecule has 0 atom stereocenters. The summed E-state index contributed by atoms with van der Waals surface area (Å²) in [6.45, 7) is 1.21. The van der Waals surface area contributed by atoms with Crippen molar-refractivity contribution in [3.63, 3.8) is 0 Å². The Hall–Kier alpha value is -3.27. The van der Waals surface area contributed by atoms with Gasteiger partial charge in [0.1, 0.15) is 12.3 Å². The van der Waals surface area contributed by atoms with E-state index in [1.807, 2.05) is 6.92 Å². The number of rotatable bonds is 5. The largest absolute Gasteiger partial charge is 0.497 e. The first-order valence-corrected chi connectivity index (χ1v) is 9.77.